The van der Waals surface area contributed by atoms with E-state index in [4.69, 9.17) is 4.99 Å². The van der Waals surface area contributed by atoms with E-state index in [1.165, 1.54) is 5.56 Å². The van der Waals surface area contributed by atoms with Crippen LogP contribution in [0.15, 0.2) is 66.4 Å². The van der Waals surface area contributed by atoms with Crippen molar-refractivity contribution in [2.24, 2.45) is 10.9 Å². The second-order valence-electron chi connectivity index (χ2n) is 8.59. The number of rotatable bonds is 8. The fourth-order valence-electron chi connectivity index (χ4n) is 4.46. The van der Waals surface area contributed by atoms with Crippen molar-refractivity contribution in [3.05, 3.63) is 72.8 Å². The Bertz CT molecular complexity index is 968. The minimum absolute atomic E-state index is 0. The molecule has 1 fully saturated rings. The molecule has 2 unspecified atom stereocenters. The Morgan fingerprint density at radius 2 is 2.03 bits per heavy atom. The molecule has 178 valence electrons. The van der Waals surface area contributed by atoms with Gasteiger partial charge < -0.3 is 19.4 Å². The normalized spacial score (nSPS) is 18.7. The number of aryl methyl sites for hydroxylation is 2. The van der Waals surface area contributed by atoms with Crippen LogP contribution in [0.25, 0.3) is 0 Å². The SMILES string of the molecule is CCNC(=NCc1nccn1CCCc1ccccc1)N1CCC(C)C(n2ccnc2)C1.I. The number of guanidine groups is 1. The van der Waals surface area contributed by atoms with E-state index >= 15 is 0 Å². The molecule has 3 heterocycles. The highest BCUT2D eigenvalue weighted by atomic mass is 127. The third kappa shape index (κ3) is 6.82. The molecule has 1 aromatic carbocycles. The molecular formula is C25H36IN7. The summed E-state index contributed by atoms with van der Waals surface area (Å²) in [5.41, 5.74) is 1.38. The van der Waals surface area contributed by atoms with E-state index in [2.05, 4.69) is 85.9 Å². The van der Waals surface area contributed by atoms with Gasteiger partial charge in [-0.05, 0) is 37.7 Å². The number of aliphatic imine (C=N–C) groups is 1. The molecule has 8 heteroatoms. The van der Waals surface area contributed by atoms with Crippen molar-refractivity contribution in [1.82, 2.24) is 29.3 Å². The number of benzene rings is 1. The first-order valence-electron chi connectivity index (χ1n) is 11.8. The maximum absolute atomic E-state index is 4.97. The van der Waals surface area contributed by atoms with Crippen LogP contribution < -0.4 is 5.32 Å². The predicted molar refractivity (Wildman–Crippen MR) is 144 cm³/mol. The van der Waals surface area contributed by atoms with Crippen LogP contribution in [0.2, 0.25) is 0 Å². The maximum atomic E-state index is 4.97. The molecule has 0 spiro atoms. The first-order valence-corrected chi connectivity index (χ1v) is 11.8. The Balaban J connectivity index is 0.00000306. The highest BCUT2D eigenvalue weighted by Gasteiger charge is 2.28. The Morgan fingerprint density at radius 3 is 2.79 bits per heavy atom. The van der Waals surface area contributed by atoms with Crippen LogP contribution >= 0.6 is 24.0 Å². The van der Waals surface area contributed by atoms with Gasteiger partial charge in [-0.15, -0.1) is 24.0 Å². The minimum Gasteiger partial charge on any atom is -0.357 e. The smallest absolute Gasteiger partial charge is 0.194 e. The van der Waals surface area contributed by atoms with Crippen LogP contribution in [-0.4, -0.2) is 49.6 Å². The van der Waals surface area contributed by atoms with Gasteiger partial charge in [0, 0.05) is 51.0 Å². The van der Waals surface area contributed by atoms with E-state index in [0.717, 1.165) is 57.2 Å². The van der Waals surface area contributed by atoms with Crippen LogP contribution in [0.4, 0.5) is 0 Å². The van der Waals surface area contributed by atoms with Crippen molar-refractivity contribution < 1.29 is 0 Å². The summed E-state index contributed by atoms with van der Waals surface area (Å²) in [6, 6.07) is 11.1. The van der Waals surface area contributed by atoms with Gasteiger partial charge in [-0.2, -0.15) is 0 Å². The quantitative estimate of drug-likeness (QED) is 0.252. The maximum Gasteiger partial charge on any atom is 0.194 e. The summed E-state index contributed by atoms with van der Waals surface area (Å²) in [7, 11) is 0. The van der Waals surface area contributed by atoms with Crippen LogP contribution in [0.5, 0.6) is 0 Å². The van der Waals surface area contributed by atoms with Crippen molar-refractivity contribution in [3.8, 4) is 0 Å². The molecular weight excluding hydrogens is 525 g/mol. The van der Waals surface area contributed by atoms with Crippen molar-refractivity contribution in [2.75, 3.05) is 19.6 Å². The van der Waals surface area contributed by atoms with Crippen molar-refractivity contribution in [3.63, 3.8) is 0 Å². The van der Waals surface area contributed by atoms with E-state index in [1.54, 1.807) is 0 Å². The lowest BCUT2D eigenvalue weighted by atomic mass is 9.93. The highest BCUT2D eigenvalue weighted by molar-refractivity contribution is 14.0. The summed E-state index contributed by atoms with van der Waals surface area (Å²) in [4.78, 5) is 16.2. The van der Waals surface area contributed by atoms with Crippen LogP contribution in [-0.2, 0) is 19.5 Å². The third-order valence-electron chi connectivity index (χ3n) is 6.34. The fraction of sp³-hybridized carbons (Fsp3) is 0.480. The van der Waals surface area contributed by atoms with Gasteiger partial charge in [0.2, 0.25) is 0 Å². The number of hydrogen-bond donors (Lipinski definition) is 1. The molecule has 7 nitrogen and oxygen atoms in total. The lowest BCUT2D eigenvalue weighted by molar-refractivity contribution is 0.189. The number of nitrogens with zero attached hydrogens (tertiary/aromatic N) is 6. The van der Waals surface area contributed by atoms with E-state index in [0.29, 0.717) is 18.5 Å². The summed E-state index contributed by atoms with van der Waals surface area (Å²) in [5, 5.41) is 3.49. The lowest BCUT2D eigenvalue weighted by Crippen LogP contribution is -2.49. The molecule has 0 bridgehead atoms. The molecule has 0 aliphatic carbocycles. The molecule has 1 aliphatic heterocycles. The largest absolute Gasteiger partial charge is 0.357 e. The summed E-state index contributed by atoms with van der Waals surface area (Å²) >= 11 is 0. The highest BCUT2D eigenvalue weighted by Crippen LogP contribution is 2.27. The first kappa shape index (κ1) is 25.3. The lowest BCUT2D eigenvalue weighted by Gasteiger charge is -2.39. The minimum atomic E-state index is 0. The summed E-state index contributed by atoms with van der Waals surface area (Å²) in [6.45, 7) is 8.81. The van der Waals surface area contributed by atoms with Gasteiger partial charge in [-0.25, -0.2) is 15.0 Å². The fourth-order valence-corrected chi connectivity index (χ4v) is 4.46. The van der Waals surface area contributed by atoms with E-state index in [1.807, 2.05) is 18.7 Å². The van der Waals surface area contributed by atoms with Gasteiger partial charge in [-0.3, -0.25) is 0 Å². The molecule has 3 aromatic rings. The van der Waals surface area contributed by atoms with Crippen molar-refractivity contribution in [1.29, 1.82) is 0 Å². The molecule has 0 radical (unpaired) electrons. The Kier molecular flexibility index (Phi) is 9.77. The third-order valence-corrected chi connectivity index (χ3v) is 6.34. The molecule has 0 saturated carbocycles. The van der Waals surface area contributed by atoms with Gasteiger partial charge in [0.25, 0.3) is 0 Å². The molecule has 2 aromatic heterocycles. The topological polar surface area (TPSA) is 63.3 Å². The monoisotopic (exact) mass is 561 g/mol. The molecule has 2 atom stereocenters. The van der Waals surface area contributed by atoms with Crippen LogP contribution in [0, 0.1) is 5.92 Å². The molecule has 33 heavy (non-hydrogen) atoms. The van der Waals surface area contributed by atoms with Crippen LogP contribution in [0.1, 0.15) is 44.1 Å². The molecule has 1 saturated heterocycles. The van der Waals surface area contributed by atoms with Crippen molar-refractivity contribution in [2.45, 2.75) is 52.2 Å². The number of nitrogens with one attached hydrogen (secondary N) is 1. The predicted octanol–water partition coefficient (Wildman–Crippen LogP) is 4.38. The average molecular weight is 562 g/mol. The number of likely N-dealkylation sites (tertiary alicyclic amines) is 1. The summed E-state index contributed by atoms with van der Waals surface area (Å²) < 4.78 is 4.47. The number of imidazole rings is 2. The zero-order valence-electron chi connectivity index (χ0n) is 19.7. The Hall–Kier alpha value is -2.36. The molecule has 0 amide bonds. The van der Waals surface area contributed by atoms with Gasteiger partial charge in [0.05, 0.1) is 12.4 Å². The van der Waals surface area contributed by atoms with Gasteiger partial charge in [-0.1, -0.05) is 37.3 Å². The molecule has 1 N–H and O–H groups in total. The van der Waals surface area contributed by atoms with E-state index < -0.39 is 0 Å². The second kappa shape index (κ2) is 12.8. The number of aromatic nitrogens is 4. The zero-order valence-corrected chi connectivity index (χ0v) is 22.0. The number of piperidine rings is 1. The molecule has 1 aliphatic rings. The molecule has 4 rings (SSSR count). The van der Waals surface area contributed by atoms with Gasteiger partial charge in [0.15, 0.2) is 5.96 Å². The summed E-state index contributed by atoms with van der Waals surface area (Å²) in [5.74, 6) is 2.61. The van der Waals surface area contributed by atoms with E-state index in [9.17, 15) is 0 Å². The van der Waals surface area contributed by atoms with Gasteiger partial charge >= 0.3 is 0 Å². The standard InChI is InChI=1S/C25H35N7.HI/c1-3-27-25(31-15-11-21(2)23(19-31)32-16-12-26-20-32)29-18-24-28-13-17-30(24)14-7-10-22-8-5-4-6-9-22;/h4-6,8-9,12-13,16-17,20-21,23H,3,7,10-11,14-15,18-19H2,1-2H3,(H,27,29);1H. The van der Waals surface area contributed by atoms with E-state index in [-0.39, 0.29) is 24.0 Å². The second-order valence-corrected chi connectivity index (χ2v) is 8.59. The van der Waals surface area contributed by atoms with Crippen LogP contribution in [0.3, 0.4) is 0 Å². The zero-order chi connectivity index (χ0) is 22.2. The number of halogens is 1. The summed E-state index contributed by atoms with van der Waals surface area (Å²) in [6.07, 6.45) is 13.1. The number of hydrogen-bond acceptors (Lipinski definition) is 3. The Morgan fingerprint density at radius 1 is 1.18 bits per heavy atom. The van der Waals surface area contributed by atoms with Gasteiger partial charge in [0.1, 0.15) is 12.4 Å². The Labute approximate surface area is 214 Å². The first-order chi connectivity index (χ1) is 15.7. The van der Waals surface area contributed by atoms with Crippen molar-refractivity contribution >= 4 is 29.9 Å². The average Bonchev–Trinajstić information content (AvgIpc) is 3.50.